The molecule has 1 aliphatic carbocycles. The van der Waals surface area contributed by atoms with E-state index in [1.807, 2.05) is 13.8 Å². The number of allylic oxidation sites excluding steroid dienone is 1. The third kappa shape index (κ3) is 2.53. The van der Waals surface area contributed by atoms with Gasteiger partial charge in [-0.05, 0) is 45.3 Å². The topological polar surface area (TPSA) is 66.8 Å². The van der Waals surface area contributed by atoms with Crippen molar-refractivity contribution in [3.05, 3.63) is 23.8 Å². The van der Waals surface area contributed by atoms with Crippen molar-refractivity contribution in [1.82, 2.24) is 0 Å². The molecule has 2 rings (SSSR count). The quantitative estimate of drug-likeness (QED) is 0.585. The molecule has 106 valence electrons. The van der Waals surface area contributed by atoms with Gasteiger partial charge in [-0.3, -0.25) is 4.79 Å². The number of rotatable bonds is 2. The number of fused-ring (bicyclic) bond motifs is 1. The Bertz CT molecular complexity index is 431. The summed E-state index contributed by atoms with van der Waals surface area (Å²) in [7, 11) is 0. The van der Waals surface area contributed by atoms with Crippen molar-refractivity contribution in [2.24, 2.45) is 5.92 Å². The van der Waals surface area contributed by atoms with Crippen molar-refractivity contribution in [1.29, 1.82) is 0 Å². The second kappa shape index (κ2) is 4.85. The van der Waals surface area contributed by atoms with Gasteiger partial charge in [-0.1, -0.05) is 12.2 Å². The minimum absolute atomic E-state index is 0.0465. The number of ketones is 1. The fraction of sp³-hybridized carbons (Fsp3) is 0.667. The number of ether oxygens (including phenoxy) is 1. The zero-order chi connectivity index (χ0) is 14.4. The Balaban J connectivity index is 2.20. The van der Waals surface area contributed by atoms with E-state index in [2.05, 4.69) is 6.58 Å². The van der Waals surface area contributed by atoms with Crippen LogP contribution in [0.15, 0.2) is 23.8 Å². The molecule has 5 atom stereocenters. The van der Waals surface area contributed by atoms with Gasteiger partial charge < -0.3 is 14.9 Å². The first-order valence-electron chi connectivity index (χ1n) is 6.67. The van der Waals surface area contributed by atoms with Crippen LogP contribution < -0.4 is 0 Å². The highest BCUT2D eigenvalue weighted by atomic mass is 16.5. The highest BCUT2D eigenvalue weighted by Gasteiger charge is 2.52. The van der Waals surface area contributed by atoms with Crippen molar-refractivity contribution < 1.29 is 19.7 Å². The summed E-state index contributed by atoms with van der Waals surface area (Å²) in [4.78, 5) is 12.1. The summed E-state index contributed by atoms with van der Waals surface area (Å²) < 4.78 is 5.68. The van der Waals surface area contributed by atoms with E-state index in [0.29, 0.717) is 12.8 Å². The predicted molar refractivity (Wildman–Crippen MR) is 71.6 cm³/mol. The first-order chi connectivity index (χ1) is 8.74. The molecular weight excluding hydrogens is 244 g/mol. The lowest BCUT2D eigenvalue weighted by atomic mass is 9.73. The van der Waals surface area contributed by atoms with Crippen LogP contribution >= 0.6 is 0 Å². The molecule has 0 spiro atoms. The minimum atomic E-state index is -1.16. The predicted octanol–water partition coefficient (Wildman–Crippen LogP) is 1.37. The largest absolute Gasteiger partial charge is 0.387 e. The third-order valence-electron chi connectivity index (χ3n) is 4.10. The Morgan fingerprint density at radius 3 is 2.74 bits per heavy atom. The normalized spacial score (nSPS) is 41.8. The molecule has 1 heterocycles. The number of carbonyl (C=O) groups excluding carboxylic acids is 1. The Labute approximate surface area is 113 Å². The molecule has 1 saturated carbocycles. The van der Waals surface area contributed by atoms with Crippen LogP contribution in [0.3, 0.4) is 0 Å². The summed E-state index contributed by atoms with van der Waals surface area (Å²) in [5.41, 5.74) is 0.474. The summed E-state index contributed by atoms with van der Waals surface area (Å²) in [5.74, 6) is -0.180. The van der Waals surface area contributed by atoms with E-state index in [0.717, 1.165) is 11.1 Å². The van der Waals surface area contributed by atoms with Crippen molar-refractivity contribution in [2.75, 3.05) is 0 Å². The molecule has 0 radical (unpaired) electrons. The first kappa shape index (κ1) is 14.4. The summed E-state index contributed by atoms with van der Waals surface area (Å²) >= 11 is 0. The van der Waals surface area contributed by atoms with Gasteiger partial charge >= 0.3 is 0 Å². The number of aliphatic hydroxyl groups excluding tert-OH is 1. The Kier molecular flexibility index (Phi) is 3.69. The average Bonchev–Trinajstić information content (AvgIpc) is 2.61. The standard InChI is InChI=1S/C15H22O4/c1-8(2)7-11(16)12-9(3)10-5-6-15(4,18)14(17)13(10)19-12/h7,10,12-14,17-18H,3,5-6H2,1-2,4H3/t10-,12+,13+,14-,15+/m1/s1. The van der Waals surface area contributed by atoms with Crippen molar-refractivity contribution in [3.8, 4) is 0 Å². The smallest absolute Gasteiger partial charge is 0.188 e. The Morgan fingerprint density at radius 2 is 2.16 bits per heavy atom. The maximum atomic E-state index is 12.1. The molecular formula is C15H22O4. The number of hydrogen-bond donors (Lipinski definition) is 2. The lowest BCUT2D eigenvalue weighted by Gasteiger charge is -2.40. The molecule has 1 aliphatic heterocycles. The van der Waals surface area contributed by atoms with Gasteiger partial charge in [0, 0.05) is 5.92 Å². The van der Waals surface area contributed by atoms with Gasteiger partial charge in [-0.25, -0.2) is 0 Å². The summed E-state index contributed by atoms with van der Waals surface area (Å²) in [6.07, 6.45) is 0.516. The zero-order valence-electron chi connectivity index (χ0n) is 11.7. The molecule has 4 nitrogen and oxygen atoms in total. The van der Waals surface area contributed by atoms with E-state index in [4.69, 9.17) is 4.74 Å². The third-order valence-corrected chi connectivity index (χ3v) is 4.10. The van der Waals surface area contributed by atoms with Gasteiger partial charge in [-0.2, -0.15) is 0 Å². The fourth-order valence-corrected chi connectivity index (χ4v) is 2.95. The van der Waals surface area contributed by atoms with Gasteiger partial charge in [0.2, 0.25) is 0 Å². The van der Waals surface area contributed by atoms with E-state index in [-0.39, 0.29) is 11.7 Å². The van der Waals surface area contributed by atoms with E-state index in [1.165, 1.54) is 6.08 Å². The van der Waals surface area contributed by atoms with Gasteiger partial charge in [-0.15, -0.1) is 0 Å². The second-order valence-corrected chi connectivity index (χ2v) is 6.13. The number of aliphatic hydroxyl groups is 2. The first-order valence-corrected chi connectivity index (χ1v) is 6.67. The fourth-order valence-electron chi connectivity index (χ4n) is 2.95. The SMILES string of the molecule is C=C1[C@@H](C(=O)C=C(C)C)O[C@H]2[C@@H]1CC[C@](C)(O)[C@@H]2O. The molecule has 0 aromatic rings. The minimum Gasteiger partial charge on any atom is -0.387 e. The maximum absolute atomic E-state index is 12.1. The monoisotopic (exact) mass is 266 g/mol. The molecule has 0 aromatic carbocycles. The molecule has 2 fully saturated rings. The summed E-state index contributed by atoms with van der Waals surface area (Å²) in [6, 6.07) is 0. The van der Waals surface area contributed by atoms with Crippen LogP contribution in [0.1, 0.15) is 33.6 Å². The molecule has 0 amide bonds. The molecule has 4 heteroatoms. The molecule has 2 aliphatic rings. The van der Waals surface area contributed by atoms with Crippen LogP contribution in [0.2, 0.25) is 0 Å². The van der Waals surface area contributed by atoms with E-state index < -0.39 is 23.9 Å². The molecule has 0 aromatic heterocycles. The lowest BCUT2D eigenvalue weighted by Crippen LogP contribution is -2.53. The van der Waals surface area contributed by atoms with Crippen LogP contribution in [0.5, 0.6) is 0 Å². The van der Waals surface area contributed by atoms with E-state index in [1.54, 1.807) is 6.92 Å². The second-order valence-electron chi connectivity index (χ2n) is 6.13. The number of carbonyl (C=O) groups is 1. The van der Waals surface area contributed by atoms with Crippen LogP contribution in [-0.2, 0) is 9.53 Å². The molecule has 19 heavy (non-hydrogen) atoms. The number of hydrogen-bond acceptors (Lipinski definition) is 4. The summed E-state index contributed by atoms with van der Waals surface area (Å²) in [6.45, 7) is 9.26. The Hall–Kier alpha value is -0.970. The van der Waals surface area contributed by atoms with Crippen molar-refractivity contribution in [2.45, 2.75) is 57.5 Å². The van der Waals surface area contributed by atoms with Crippen molar-refractivity contribution in [3.63, 3.8) is 0 Å². The van der Waals surface area contributed by atoms with Crippen LogP contribution in [-0.4, -0.2) is 39.9 Å². The van der Waals surface area contributed by atoms with Crippen LogP contribution in [0.25, 0.3) is 0 Å². The van der Waals surface area contributed by atoms with Gasteiger partial charge in [0.05, 0.1) is 11.7 Å². The molecule has 1 saturated heterocycles. The van der Waals surface area contributed by atoms with Gasteiger partial charge in [0.1, 0.15) is 12.2 Å². The Morgan fingerprint density at radius 1 is 1.53 bits per heavy atom. The van der Waals surface area contributed by atoms with Crippen LogP contribution in [0.4, 0.5) is 0 Å². The molecule has 2 N–H and O–H groups in total. The van der Waals surface area contributed by atoms with E-state index >= 15 is 0 Å². The average molecular weight is 266 g/mol. The van der Waals surface area contributed by atoms with E-state index in [9.17, 15) is 15.0 Å². The molecule has 0 unspecified atom stereocenters. The van der Waals surface area contributed by atoms with Crippen molar-refractivity contribution >= 4 is 5.78 Å². The zero-order valence-corrected chi connectivity index (χ0v) is 11.7. The highest BCUT2D eigenvalue weighted by Crippen LogP contribution is 2.44. The lowest BCUT2D eigenvalue weighted by molar-refractivity contribution is -0.164. The maximum Gasteiger partial charge on any atom is 0.188 e. The highest BCUT2D eigenvalue weighted by molar-refractivity contribution is 5.96. The van der Waals surface area contributed by atoms with Crippen LogP contribution in [0, 0.1) is 5.92 Å². The molecule has 0 bridgehead atoms. The van der Waals surface area contributed by atoms with Gasteiger partial charge in [0.25, 0.3) is 0 Å². The summed E-state index contributed by atoms with van der Waals surface area (Å²) in [5, 5.41) is 20.3. The van der Waals surface area contributed by atoms with Gasteiger partial charge in [0.15, 0.2) is 5.78 Å².